The van der Waals surface area contributed by atoms with E-state index in [9.17, 15) is 0 Å². The second-order valence-corrected chi connectivity index (χ2v) is 6.79. The molecule has 21 heavy (non-hydrogen) atoms. The van der Waals surface area contributed by atoms with Crippen LogP contribution in [0.1, 0.15) is 17.7 Å². The molecule has 2 heterocycles. The Kier molecular flexibility index (Phi) is 4.19. The van der Waals surface area contributed by atoms with Gasteiger partial charge >= 0.3 is 0 Å². The zero-order valence-corrected chi connectivity index (χ0v) is 13.5. The number of rotatable bonds is 5. The van der Waals surface area contributed by atoms with E-state index in [0.717, 1.165) is 21.9 Å². The summed E-state index contributed by atoms with van der Waals surface area (Å²) in [6, 6.07) is 8.00. The fraction of sp³-hybridized carbons (Fsp3) is 0.267. The number of ether oxygens (including phenoxy) is 1. The van der Waals surface area contributed by atoms with Crippen molar-refractivity contribution in [1.29, 1.82) is 0 Å². The highest BCUT2D eigenvalue weighted by Crippen LogP contribution is 2.37. The predicted molar refractivity (Wildman–Crippen MR) is 89.2 cm³/mol. The molecule has 2 unspecified atom stereocenters. The second-order valence-electron chi connectivity index (χ2n) is 4.88. The van der Waals surface area contributed by atoms with E-state index in [-0.39, 0.29) is 11.3 Å². The van der Waals surface area contributed by atoms with Gasteiger partial charge in [-0.25, -0.2) is 4.98 Å². The molecule has 6 heteroatoms. The third-order valence-electron chi connectivity index (χ3n) is 3.26. The summed E-state index contributed by atoms with van der Waals surface area (Å²) in [5.41, 5.74) is 9.30. The highest BCUT2D eigenvalue weighted by molar-refractivity contribution is 7.99. The molecule has 0 spiro atoms. The normalized spacial score (nSPS) is 14.2. The van der Waals surface area contributed by atoms with Gasteiger partial charge in [0, 0.05) is 12.1 Å². The van der Waals surface area contributed by atoms with E-state index in [0.29, 0.717) is 0 Å². The lowest BCUT2D eigenvalue weighted by molar-refractivity contribution is 0.415. The van der Waals surface area contributed by atoms with Crippen LogP contribution in [0.25, 0.3) is 11.0 Å². The van der Waals surface area contributed by atoms with Crippen molar-refractivity contribution in [3.8, 4) is 5.75 Å². The van der Waals surface area contributed by atoms with Crippen LogP contribution >= 0.6 is 23.1 Å². The zero-order valence-electron chi connectivity index (χ0n) is 11.9. The SMILES string of the molecule is COc1ccc2nc(SC(c3ccsc3)C(C)N)[nH]c2c1. The van der Waals surface area contributed by atoms with Crippen LogP contribution in [0.5, 0.6) is 5.75 Å². The number of hydrogen-bond donors (Lipinski definition) is 2. The number of benzene rings is 1. The molecule has 2 aromatic heterocycles. The maximum absolute atomic E-state index is 6.14. The molecule has 2 atom stereocenters. The molecule has 0 fully saturated rings. The van der Waals surface area contributed by atoms with E-state index in [2.05, 4.69) is 26.8 Å². The third-order valence-corrected chi connectivity index (χ3v) is 5.33. The molecule has 0 saturated carbocycles. The molecule has 4 nitrogen and oxygen atoms in total. The monoisotopic (exact) mass is 319 g/mol. The molecular weight excluding hydrogens is 302 g/mol. The number of aromatic amines is 1. The van der Waals surface area contributed by atoms with Gasteiger partial charge in [0.15, 0.2) is 5.16 Å². The van der Waals surface area contributed by atoms with Gasteiger partial charge in [-0.15, -0.1) is 0 Å². The smallest absolute Gasteiger partial charge is 0.167 e. The Labute approximate surface area is 131 Å². The molecule has 3 N–H and O–H groups in total. The molecule has 3 rings (SSSR count). The van der Waals surface area contributed by atoms with Crippen LogP contribution in [0.3, 0.4) is 0 Å². The number of aromatic nitrogens is 2. The quantitative estimate of drug-likeness (QED) is 0.702. The number of imidazole rings is 1. The fourth-order valence-corrected chi connectivity index (χ4v) is 4.02. The van der Waals surface area contributed by atoms with Gasteiger partial charge in [-0.3, -0.25) is 0 Å². The number of nitrogens with one attached hydrogen (secondary N) is 1. The van der Waals surface area contributed by atoms with Crippen molar-refractivity contribution < 1.29 is 4.74 Å². The summed E-state index contributed by atoms with van der Waals surface area (Å²) in [4.78, 5) is 7.96. The Morgan fingerprint density at radius 2 is 2.24 bits per heavy atom. The van der Waals surface area contributed by atoms with Gasteiger partial charge in [0.05, 0.1) is 23.4 Å². The number of thioether (sulfide) groups is 1. The Bertz CT molecular complexity index is 722. The van der Waals surface area contributed by atoms with E-state index in [1.54, 1.807) is 30.2 Å². The standard InChI is InChI=1S/C15H17N3OS2/c1-9(16)14(10-5-6-20-8-10)21-15-17-12-4-3-11(19-2)7-13(12)18-15/h3-9,14H,16H2,1-2H3,(H,17,18). The summed E-state index contributed by atoms with van der Waals surface area (Å²) < 4.78 is 5.24. The van der Waals surface area contributed by atoms with Crippen LogP contribution < -0.4 is 10.5 Å². The van der Waals surface area contributed by atoms with E-state index in [1.165, 1.54) is 5.56 Å². The highest BCUT2D eigenvalue weighted by Gasteiger charge is 2.20. The molecule has 0 aliphatic rings. The van der Waals surface area contributed by atoms with Crippen molar-refractivity contribution in [1.82, 2.24) is 9.97 Å². The first-order chi connectivity index (χ1) is 10.2. The lowest BCUT2D eigenvalue weighted by Crippen LogP contribution is -2.22. The molecule has 0 saturated heterocycles. The fourth-order valence-electron chi connectivity index (χ4n) is 2.18. The van der Waals surface area contributed by atoms with E-state index >= 15 is 0 Å². The average Bonchev–Trinajstić information content (AvgIpc) is 3.12. The summed E-state index contributed by atoms with van der Waals surface area (Å²) in [6.45, 7) is 2.03. The zero-order chi connectivity index (χ0) is 14.8. The topological polar surface area (TPSA) is 63.9 Å². The first-order valence-electron chi connectivity index (χ1n) is 6.65. The minimum absolute atomic E-state index is 0.0485. The van der Waals surface area contributed by atoms with Crippen molar-refractivity contribution in [3.63, 3.8) is 0 Å². The van der Waals surface area contributed by atoms with E-state index in [1.807, 2.05) is 25.1 Å². The van der Waals surface area contributed by atoms with Crippen molar-refractivity contribution >= 4 is 34.1 Å². The van der Waals surface area contributed by atoms with Gasteiger partial charge in [0.1, 0.15) is 5.75 Å². The number of fused-ring (bicyclic) bond motifs is 1. The molecule has 0 aliphatic carbocycles. The van der Waals surface area contributed by atoms with Crippen molar-refractivity contribution in [2.75, 3.05) is 7.11 Å². The molecule has 110 valence electrons. The first kappa shape index (κ1) is 14.4. The summed E-state index contributed by atoms with van der Waals surface area (Å²) in [6.07, 6.45) is 0. The predicted octanol–water partition coefficient (Wildman–Crippen LogP) is 3.81. The number of nitrogens with zero attached hydrogens (tertiary/aromatic N) is 1. The lowest BCUT2D eigenvalue weighted by Gasteiger charge is -2.17. The van der Waals surface area contributed by atoms with Crippen LogP contribution in [0.4, 0.5) is 0 Å². The van der Waals surface area contributed by atoms with Crippen molar-refractivity contribution in [2.45, 2.75) is 23.4 Å². The van der Waals surface area contributed by atoms with Crippen molar-refractivity contribution in [2.24, 2.45) is 5.73 Å². The Morgan fingerprint density at radius 3 is 2.90 bits per heavy atom. The van der Waals surface area contributed by atoms with Crippen LogP contribution in [0, 0.1) is 0 Å². The van der Waals surface area contributed by atoms with Gasteiger partial charge in [-0.1, -0.05) is 11.8 Å². The maximum Gasteiger partial charge on any atom is 0.167 e. The molecule has 0 bridgehead atoms. The largest absolute Gasteiger partial charge is 0.497 e. The molecule has 0 amide bonds. The number of thiophene rings is 1. The number of H-pyrrole nitrogens is 1. The Morgan fingerprint density at radius 1 is 1.38 bits per heavy atom. The van der Waals surface area contributed by atoms with Gasteiger partial charge in [-0.2, -0.15) is 11.3 Å². The average molecular weight is 319 g/mol. The molecule has 1 aromatic carbocycles. The van der Waals surface area contributed by atoms with Gasteiger partial charge < -0.3 is 15.5 Å². The molecule has 0 radical (unpaired) electrons. The van der Waals surface area contributed by atoms with Crippen LogP contribution in [-0.4, -0.2) is 23.1 Å². The van der Waals surface area contributed by atoms with Gasteiger partial charge in [0.25, 0.3) is 0 Å². The minimum atomic E-state index is 0.0485. The summed E-state index contributed by atoms with van der Waals surface area (Å²) >= 11 is 3.36. The Balaban J connectivity index is 1.89. The summed E-state index contributed by atoms with van der Waals surface area (Å²) in [7, 11) is 1.66. The Hall–Kier alpha value is -1.50. The molecule has 0 aliphatic heterocycles. The highest BCUT2D eigenvalue weighted by atomic mass is 32.2. The van der Waals surface area contributed by atoms with Crippen LogP contribution in [0.15, 0.2) is 40.2 Å². The van der Waals surface area contributed by atoms with Gasteiger partial charge in [-0.05, 0) is 41.4 Å². The summed E-state index contributed by atoms with van der Waals surface area (Å²) in [5.74, 6) is 0.823. The number of hydrogen-bond acceptors (Lipinski definition) is 5. The number of methoxy groups -OCH3 is 1. The first-order valence-corrected chi connectivity index (χ1v) is 8.47. The lowest BCUT2D eigenvalue weighted by atomic mass is 10.1. The van der Waals surface area contributed by atoms with Gasteiger partial charge in [0.2, 0.25) is 0 Å². The van der Waals surface area contributed by atoms with Crippen LogP contribution in [0.2, 0.25) is 0 Å². The van der Waals surface area contributed by atoms with E-state index in [4.69, 9.17) is 10.5 Å². The van der Waals surface area contributed by atoms with Crippen LogP contribution in [-0.2, 0) is 0 Å². The molecular formula is C15H17N3OS2. The summed E-state index contributed by atoms with van der Waals surface area (Å²) in [5, 5.41) is 5.30. The third kappa shape index (κ3) is 3.07. The van der Waals surface area contributed by atoms with Crippen molar-refractivity contribution in [3.05, 3.63) is 40.6 Å². The maximum atomic E-state index is 6.14. The number of nitrogens with two attached hydrogens (primary N) is 1. The minimum Gasteiger partial charge on any atom is -0.497 e. The second kappa shape index (κ2) is 6.09. The molecule has 3 aromatic rings. The van der Waals surface area contributed by atoms with E-state index < -0.39 is 0 Å².